The van der Waals surface area contributed by atoms with Gasteiger partial charge in [0.15, 0.2) is 0 Å². The van der Waals surface area contributed by atoms with Crippen molar-refractivity contribution in [3.63, 3.8) is 0 Å². The molecule has 184 valence electrons. The average molecular weight is 478 g/mol. The molecule has 4 rings (SSSR count). The summed E-state index contributed by atoms with van der Waals surface area (Å²) in [5.74, 6) is -0.106. The second-order valence-electron chi connectivity index (χ2n) is 9.78. The van der Waals surface area contributed by atoms with Crippen molar-refractivity contribution in [2.75, 3.05) is 24.5 Å². The summed E-state index contributed by atoms with van der Waals surface area (Å²) in [7, 11) is 0. The number of ether oxygens (including phenoxy) is 1. The topological polar surface area (TPSA) is 65.9 Å². The Hall–Kier alpha value is -2.81. The molecule has 2 aliphatic heterocycles. The van der Waals surface area contributed by atoms with Crippen LogP contribution in [0, 0.1) is 0 Å². The molecular weight excluding hydrogens is 447 g/mol. The zero-order valence-electron chi connectivity index (χ0n) is 19.4. The Kier molecular flexibility index (Phi) is 6.50. The number of piperidine rings is 1. The molecule has 1 aromatic heterocycles. The normalized spacial score (nSPS) is 24.2. The van der Waals surface area contributed by atoms with Gasteiger partial charge in [-0.05, 0) is 44.4 Å². The largest absolute Gasteiger partial charge is 0.438 e. The van der Waals surface area contributed by atoms with Crippen molar-refractivity contribution >= 4 is 11.9 Å². The maximum Gasteiger partial charge on any atom is 0.419 e. The number of aromatic nitrogens is 1. The van der Waals surface area contributed by atoms with Crippen LogP contribution in [0.3, 0.4) is 0 Å². The Morgan fingerprint density at radius 2 is 1.88 bits per heavy atom. The maximum absolute atomic E-state index is 13.5. The first-order valence-corrected chi connectivity index (χ1v) is 11.5. The molecule has 1 N–H and O–H groups in total. The highest BCUT2D eigenvalue weighted by Crippen LogP contribution is 2.42. The van der Waals surface area contributed by atoms with Crippen LogP contribution in [0.15, 0.2) is 48.7 Å². The van der Waals surface area contributed by atoms with Gasteiger partial charge in [0.1, 0.15) is 11.4 Å². The van der Waals surface area contributed by atoms with Gasteiger partial charge in [0.25, 0.3) is 0 Å². The van der Waals surface area contributed by atoms with E-state index in [1.807, 2.05) is 30.3 Å². The molecule has 2 aliphatic rings. The number of hydrogen-bond donors (Lipinski definition) is 1. The van der Waals surface area contributed by atoms with Gasteiger partial charge in [-0.2, -0.15) is 13.2 Å². The van der Waals surface area contributed by atoms with Crippen molar-refractivity contribution in [3.8, 4) is 0 Å². The predicted molar refractivity (Wildman–Crippen MR) is 121 cm³/mol. The quantitative estimate of drug-likeness (QED) is 0.659. The van der Waals surface area contributed by atoms with Crippen LogP contribution in [0.4, 0.5) is 23.8 Å². The summed E-state index contributed by atoms with van der Waals surface area (Å²) in [5.41, 5.74) is -1.98. The Bertz CT molecular complexity index is 1010. The number of carbonyl (C=O) groups excluding carboxylic acids is 1. The van der Waals surface area contributed by atoms with Crippen molar-refractivity contribution in [2.45, 2.75) is 63.0 Å². The summed E-state index contributed by atoms with van der Waals surface area (Å²) in [6, 6.07) is 11.4. The Labute approximate surface area is 197 Å². The van der Waals surface area contributed by atoms with Crippen LogP contribution in [-0.4, -0.2) is 52.4 Å². The molecule has 2 atom stereocenters. The number of aliphatic hydroxyl groups is 1. The van der Waals surface area contributed by atoms with Crippen LogP contribution in [0.2, 0.25) is 0 Å². The maximum atomic E-state index is 13.5. The van der Waals surface area contributed by atoms with Gasteiger partial charge in [-0.3, -0.25) is 0 Å². The lowest BCUT2D eigenvalue weighted by molar-refractivity contribution is -0.137. The fourth-order valence-corrected chi connectivity index (χ4v) is 5.14. The molecule has 0 unspecified atom stereocenters. The summed E-state index contributed by atoms with van der Waals surface area (Å²) in [6.07, 6.45) is -1.65. The molecule has 0 bridgehead atoms. The summed E-state index contributed by atoms with van der Waals surface area (Å²) in [4.78, 5) is 20.5. The molecule has 34 heavy (non-hydrogen) atoms. The zero-order valence-corrected chi connectivity index (χ0v) is 19.4. The molecule has 2 aromatic rings. The standard InChI is InChI=1S/C25H30F3N3O3/c1-23(2,33)17-24(18-8-4-3-5-9-18)12-15-31(22(32)34-24)19-10-7-14-30(16-19)21-20(25(26,27)28)11-6-13-29-21/h3-6,8-9,11,13,19,33H,7,10,12,14-17H2,1-2H3/t19-,24-/m0/s1. The first-order chi connectivity index (χ1) is 16.0. The minimum Gasteiger partial charge on any atom is -0.438 e. The molecule has 0 saturated carbocycles. The van der Waals surface area contributed by atoms with Crippen LogP contribution in [0.25, 0.3) is 0 Å². The fourth-order valence-electron chi connectivity index (χ4n) is 5.14. The van der Waals surface area contributed by atoms with Crippen LogP contribution >= 0.6 is 0 Å². The number of pyridine rings is 1. The first-order valence-electron chi connectivity index (χ1n) is 11.5. The molecule has 0 radical (unpaired) electrons. The van der Waals surface area contributed by atoms with E-state index in [-0.39, 0.29) is 24.8 Å². The Morgan fingerprint density at radius 1 is 1.15 bits per heavy atom. The van der Waals surface area contributed by atoms with E-state index < -0.39 is 29.0 Å². The number of hydrogen-bond acceptors (Lipinski definition) is 5. The molecular formula is C25H30F3N3O3. The highest BCUT2D eigenvalue weighted by atomic mass is 19.4. The number of carbonyl (C=O) groups is 1. The highest BCUT2D eigenvalue weighted by molar-refractivity contribution is 5.70. The smallest absolute Gasteiger partial charge is 0.419 e. The third-order valence-corrected chi connectivity index (χ3v) is 6.52. The van der Waals surface area contributed by atoms with Crippen LogP contribution in [0.5, 0.6) is 0 Å². The van der Waals surface area contributed by atoms with E-state index in [1.54, 1.807) is 23.6 Å². The Balaban J connectivity index is 1.54. The summed E-state index contributed by atoms with van der Waals surface area (Å²) in [5, 5.41) is 10.5. The summed E-state index contributed by atoms with van der Waals surface area (Å²) in [6.45, 7) is 4.44. The second-order valence-corrected chi connectivity index (χ2v) is 9.78. The van der Waals surface area contributed by atoms with Crippen LogP contribution in [0.1, 0.15) is 50.7 Å². The lowest BCUT2D eigenvalue weighted by Crippen LogP contribution is -2.57. The van der Waals surface area contributed by atoms with Gasteiger partial charge in [0.2, 0.25) is 0 Å². The summed E-state index contributed by atoms with van der Waals surface area (Å²) >= 11 is 0. The molecule has 3 heterocycles. The van der Waals surface area contributed by atoms with E-state index in [0.717, 1.165) is 11.6 Å². The van der Waals surface area contributed by atoms with Gasteiger partial charge in [-0.1, -0.05) is 30.3 Å². The van der Waals surface area contributed by atoms with E-state index in [4.69, 9.17) is 4.74 Å². The van der Waals surface area contributed by atoms with Crippen molar-refractivity contribution in [1.82, 2.24) is 9.88 Å². The molecule has 0 aliphatic carbocycles. The minimum atomic E-state index is -4.51. The summed E-state index contributed by atoms with van der Waals surface area (Å²) < 4.78 is 46.6. The monoisotopic (exact) mass is 477 g/mol. The van der Waals surface area contributed by atoms with E-state index in [1.165, 1.54) is 12.3 Å². The third-order valence-electron chi connectivity index (χ3n) is 6.52. The van der Waals surface area contributed by atoms with Crippen LogP contribution < -0.4 is 4.90 Å². The molecule has 1 aromatic carbocycles. The van der Waals surface area contributed by atoms with Gasteiger partial charge in [-0.25, -0.2) is 9.78 Å². The van der Waals surface area contributed by atoms with Gasteiger partial charge < -0.3 is 19.6 Å². The first kappa shape index (κ1) is 24.3. The number of anilines is 1. The number of alkyl halides is 3. The molecule has 9 heteroatoms. The second kappa shape index (κ2) is 9.09. The van der Waals surface area contributed by atoms with Crippen molar-refractivity contribution in [3.05, 3.63) is 59.8 Å². The number of benzene rings is 1. The molecule has 2 saturated heterocycles. The lowest BCUT2D eigenvalue weighted by atomic mass is 9.80. The van der Waals surface area contributed by atoms with Gasteiger partial charge in [0.05, 0.1) is 17.2 Å². The predicted octanol–water partition coefficient (Wildman–Crippen LogP) is 4.97. The molecule has 1 amide bonds. The molecule has 2 fully saturated rings. The van der Waals surface area contributed by atoms with E-state index >= 15 is 0 Å². The molecule has 6 nitrogen and oxygen atoms in total. The molecule has 0 spiro atoms. The van der Waals surface area contributed by atoms with Crippen molar-refractivity contribution in [2.24, 2.45) is 0 Å². The minimum absolute atomic E-state index is 0.106. The number of halogens is 3. The van der Waals surface area contributed by atoms with Crippen molar-refractivity contribution < 1.29 is 27.8 Å². The number of amides is 1. The number of nitrogens with zero attached hydrogens (tertiary/aromatic N) is 3. The average Bonchev–Trinajstić information content (AvgIpc) is 2.78. The van der Waals surface area contributed by atoms with Gasteiger partial charge in [0, 0.05) is 38.7 Å². The fraction of sp³-hybridized carbons (Fsp3) is 0.520. The van der Waals surface area contributed by atoms with Gasteiger partial charge in [-0.15, -0.1) is 0 Å². The van der Waals surface area contributed by atoms with Crippen LogP contribution in [-0.2, 0) is 16.5 Å². The van der Waals surface area contributed by atoms with E-state index in [0.29, 0.717) is 32.4 Å². The highest BCUT2D eigenvalue weighted by Gasteiger charge is 2.47. The number of rotatable bonds is 5. The lowest BCUT2D eigenvalue weighted by Gasteiger charge is -2.47. The van der Waals surface area contributed by atoms with E-state index in [2.05, 4.69) is 4.98 Å². The SMILES string of the molecule is CC(C)(O)C[C@]1(c2ccccc2)CCN([C@H]2CCCN(c3ncccc3C(F)(F)F)C2)C(=O)O1. The van der Waals surface area contributed by atoms with E-state index in [9.17, 15) is 23.1 Å². The third kappa shape index (κ3) is 5.14. The van der Waals surface area contributed by atoms with Gasteiger partial charge >= 0.3 is 12.3 Å². The number of cyclic esters (lactones) is 1. The van der Waals surface area contributed by atoms with Crippen molar-refractivity contribution in [1.29, 1.82) is 0 Å². The Morgan fingerprint density at radius 3 is 2.53 bits per heavy atom. The zero-order chi connectivity index (χ0) is 24.6.